The second-order valence-corrected chi connectivity index (χ2v) is 9.51. The minimum Gasteiger partial charge on any atom is -0.481 e. The van der Waals surface area contributed by atoms with Gasteiger partial charge in [-0.1, -0.05) is 18.2 Å². The van der Waals surface area contributed by atoms with Gasteiger partial charge in [-0.2, -0.15) is 0 Å². The van der Waals surface area contributed by atoms with Gasteiger partial charge in [0.1, 0.15) is 18.1 Å². The van der Waals surface area contributed by atoms with E-state index in [0.29, 0.717) is 19.4 Å². The number of amides is 3. The second-order valence-electron chi connectivity index (χ2n) is 9.51. The molecule has 0 fully saturated rings. The minimum atomic E-state index is -1.71. The van der Waals surface area contributed by atoms with E-state index in [1.54, 1.807) is 6.20 Å². The second kappa shape index (κ2) is 15.9. The summed E-state index contributed by atoms with van der Waals surface area (Å²) in [7, 11) is 0. The molecule has 4 unspecified atom stereocenters. The molecule has 1 heterocycles. The van der Waals surface area contributed by atoms with Crippen molar-refractivity contribution in [2.24, 2.45) is 11.5 Å². The molecule has 0 aliphatic carbocycles. The zero-order valence-corrected chi connectivity index (χ0v) is 22.3. The van der Waals surface area contributed by atoms with E-state index in [4.69, 9.17) is 16.6 Å². The van der Waals surface area contributed by atoms with Gasteiger partial charge in [0.05, 0.1) is 12.5 Å². The van der Waals surface area contributed by atoms with Crippen LogP contribution in [-0.4, -0.2) is 86.6 Å². The number of fused-ring (bicyclic) bond motifs is 1. The quantitative estimate of drug-likeness (QED) is 0.0976. The average Bonchev–Trinajstić information content (AvgIpc) is 3.31. The van der Waals surface area contributed by atoms with E-state index < -0.39 is 79.1 Å². The van der Waals surface area contributed by atoms with Crippen LogP contribution in [0.25, 0.3) is 10.9 Å². The van der Waals surface area contributed by atoms with Gasteiger partial charge in [-0.25, -0.2) is 4.79 Å². The predicted molar refractivity (Wildman–Crippen MR) is 145 cm³/mol. The highest BCUT2D eigenvalue weighted by molar-refractivity contribution is 5.96. The van der Waals surface area contributed by atoms with Gasteiger partial charge in [0, 0.05) is 23.5 Å². The summed E-state index contributed by atoms with van der Waals surface area (Å²) in [6.07, 6.45) is 1.00. The van der Waals surface area contributed by atoms with Crippen molar-refractivity contribution in [1.82, 2.24) is 20.9 Å². The molecule has 0 aliphatic rings. The Morgan fingerprint density at radius 3 is 2.07 bits per heavy atom. The number of H-pyrrole nitrogens is 1. The van der Waals surface area contributed by atoms with Crippen LogP contribution >= 0.6 is 0 Å². The number of nitrogens with one attached hydrogen (secondary N) is 4. The van der Waals surface area contributed by atoms with Crippen molar-refractivity contribution in [3.63, 3.8) is 0 Å². The molecule has 3 amide bonds. The maximum absolute atomic E-state index is 13.1. The number of carboxylic acids is 3. The van der Waals surface area contributed by atoms with E-state index in [9.17, 15) is 39.0 Å². The number of carboxylic acid groups (broad SMARTS) is 3. The van der Waals surface area contributed by atoms with Gasteiger partial charge < -0.3 is 47.7 Å². The molecule has 0 spiro atoms. The predicted octanol–water partition coefficient (Wildman–Crippen LogP) is -0.955. The zero-order valence-electron chi connectivity index (χ0n) is 22.3. The van der Waals surface area contributed by atoms with Crippen LogP contribution in [0, 0.1) is 0 Å². The topological polar surface area (TPSA) is 267 Å². The van der Waals surface area contributed by atoms with Crippen LogP contribution in [0.4, 0.5) is 0 Å². The van der Waals surface area contributed by atoms with Gasteiger partial charge in [-0.05, 0) is 50.3 Å². The molecule has 1 aromatic carbocycles. The number of unbranched alkanes of at least 4 members (excludes halogenated alkanes) is 1. The third-order valence-electron chi connectivity index (χ3n) is 6.30. The maximum Gasteiger partial charge on any atom is 0.326 e. The first-order chi connectivity index (χ1) is 19.4. The van der Waals surface area contributed by atoms with Gasteiger partial charge >= 0.3 is 17.9 Å². The summed E-state index contributed by atoms with van der Waals surface area (Å²) in [6, 6.07) is 1.87. The summed E-state index contributed by atoms with van der Waals surface area (Å²) < 4.78 is 0. The summed E-state index contributed by atoms with van der Waals surface area (Å²) in [6.45, 7) is 0.319. The largest absolute Gasteiger partial charge is 0.481 e. The summed E-state index contributed by atoms with van der Waals surface area (Å²) in [5.74, 6) is -6.96. The van der Waals surface area contributed by atoms with Crippen molar-refractivity contribution in [2.75, 3.05) is 6.54 Å². The Labute approximate surface area is 235 Å². The first kappa shape index (κ1) is 32.7. The van der Waals surface area contributed by atoms with Crippen molar-refractivity contribution >= 4 is 46.5 Å². The molecule has 4 atom stereocenters. The third kappa shape index (κ3) is 10.5. The van der Waals surface area contributed by atoms with Crippen LogP contribution in [-0.2, 0) is 35.2 Å². The number of aliphatic carboxylic acids is 3. The Morgan fingerprint density at radius 2 is 1.44 bits per heavy atom. The number of hydrogen-bond donors (Lipinski definition) is 9. The molecule has 1 aromatic heterocycles. The fourth-order valence-corrected chi connectivity index (χ4v) is 4.12. The van der Waals surface area contributed by atoms with Crippen molar-refractivity contribution in [3.8, 4) is 0 Å². The van der Waals surface area contributed by atoms with E-state index in [-0.39, 0.29) is 12.8 Å². The molecule has 2 aromatic rings. The van der Waals surface area contributed by atoms with Gasteiger partial charge in [-0.15, -0.1) is 0 Å². The van der Waals surface area contributed by atoms with Gasteiger partial charge in [0.25, 0.3) is 0 Å². The van der Waals surface area contributed by atoms with E-state index in [2.05, 4.69) is 20.9 Å². The standard InChI is InChI=1S/C26H36N6O9/c27-10-4-3-7-18(30-23(37)16(28)11-14-13-29-17-6-2-1-5-15(14)17)24(38)32-20(12-22(35)36)25(39)31-19(26(40)41)8-9-21(33)34/h1-2,5-6,13,16,18-20,29H,3-4,7-12,27-28H2,(H,30,37)(H,31,39)(H,32,38)(H,33,34)(H,35,36)(H,40,41). The fourth-order valence-electron chi connectivity index (χ4n) is 4.12. The molecule has 0 radical (unpaired) electrons. The lowest BCUT2D eigenvalue weighted by Crippen LogP contribution is -2.57. The SMILES string of the molecule is NCCCCC(NC(=O)C(N)Cc1c[nH]c2ccccc12)C(=O)NC(CC(=O)O)C(=O)NC(CCC(=O)O)C(=O)O. The van der Waals surface area contributed by atoms with Crippen LogP contribution < -0.4 is 27.4 Å². The fraction of sp³-hybridized carbons (Fsp3) is 0.462. The molecule has 15 heteroatoms. The molecule has 15 nitrogen and oxygen atoms in total. The Kier molecular flexibility index (Phi) is 12.7. The van der Waals surface area contributed by atoms with E-state index in [0.717, 1.165) is 16.5 Å². The highest BCUT2D eigenvalue weighted by atomic mass is 16.4. The van der Waals surface area contributed by atoms with Crippen LogP contribution in [0.5, 0.6) is 0 Å². The molecule has 11 N–H and O–H groups in total. The first-order valence-electron chi connectivity index (χ1n) is 13.0. The molecule has 41 heavy (non-hydrogen) atoms. The number of benzene rings is 1. The molecule has 224 valence electrons. The molecule has 2 rings (SSSR count). The highest BCUT2D eigenvalue weighted by Crippen LogP contribution is 2.19. The van der Waals surface area contributed by atoms with Gasteiger partial charge in [0.2, 0.25) is 17.7 Å². The van der Waals surface area contributed by atoms with Crippen LogP contribution in [0.2, 0.25) is 0 Å². The minimum absolute atomic E-state index is 0.104. The van der Waals surface area contributed by atoms with Crippen LogP contribution in [0.3, 0.4) is 0 Å². The lowest BCUT2D eigenvalue weighted by atomic mass is 10.0. The molecular weight excluding hydrogens is 540 g/mol. The first-order valence-corrected chi connectivity index (χ1v) is 13.0. The van der Waals surface area contributed by atoms with Crippen LogP contribution in [0.1, 0.15) is 44.1 Å². The number of carbonyl (C=O) groups is 6. The van der Waals surface area contributed by atoms with E-state index in [1.807, 2.05) is 24.3 Å². The van der Waals surface area contributed by atoms with Crippen molar-refractivity contribution in [2.45, 2.75) is 69.1 Å². The Balaban J connectivity index is 2.14. The van der Waals surface area contributed by atoms with Crippen molar-refractivity contribution < 1.29 is 44.1 Å². The normalized spacial score (nSPS) is 13.9. The number of rotatable bonds is 18. The third-order valence-corrected chi connectivity index (χ3v) is 6.30. The van der Waals surface area contributed by atoms with Crippen LogP contribution in [0.15, 0.2) is 30.5 Å². The number of hydrogen-bond acceptors (Lipinski definition) is 8. The smallest absolute Gasteiger partial charge is 0.326 e. The van der Waals surface area contributed by atoms with Gasteiger partial charge in [0.15, 0.2) is 0 Å². The number of aromatic amines is 1. The number of aromatic nitrogens is 1. The molecule has 0 aliphatic heterocycles. The molecular formula is C26H36N6O9. The zero-order chi connectivity index (χ0) is 30.5. The highest BCUT2D eigenvalue weighted by Gasteiger charge is 2.31. The molecule has 0 saturated carbocycles. The van der Waals surface area contributed by atoms with E-state index >= 15 is 0 Å². The average molecular weight is 577 g/mol. The van der Waals surface area contributed by atoms with Crippen molar-refractivity contribution in [3.05, 3.63) is 36.0 Å². The molecule has 0 saturated heterocycles. The molecule has 0 bridgehead atoms. The Bertz CT molecular complexity index is 1250. The number of para-hydroxylation sites is 1. The number of carbonyl (C=O) groups excluding carboxylic acids is 3. The number of nitrogens with two attached hydrogens (primary N) is 2. The Morgan fingerprint density at radius 1 is 0.805 bits per heavy atom. The summed E-state index contributed by atoms with van der Waals surface area (Å²) in [5, 5.41) is 35.2. The van der Waals surface area contributed by atoms with Crippen molar-refractivity contribution in [1.29, 1.82) is 0 Å². The summed E-state index contributed by atoms with van der Waals surface area (Å²) in [4.78, 5) is 75.6. The Hall–Kier alpha value is -4.50. The van der Waals surface area contributed by atoms with E-state index in [1.165, 1.54) is 0 Å². The maximum atomic E-state index is 13.1. The summed E-state index contributed by atoms with van der Waals surface area (Å²) >= 11 is 0. The lowest BCUT2D eigenvalue weighted by molar-refractivity contribution is -0.144. The lowest BCUT2D eigenvalue weighted by Gasteiger charge is -2.24. The summed E-state index contributed by atoms with van der Waals surface area (Å²) in [5.41, 5.74) is 13.3. The van der Waals surface area contributed by atoms with Gasteiger partial charge in [-0.3, -0.25) is 24.0 Å². The monoisotopic (exact) mass is 576 g/mol.